The summed E-state index contributed by atoms with van der Waals surface area (Å²) in [7, 11) is 0. The van der Waals surface area contributed by atoms with Crippen molar-refractivity contribution in [2.24, 2.45) is 0 Å². The highest BCUT2D eigenvalue weighted by Gasteiger charge is 2.16. The lowest BCUT2D eigenvalue weighted by molar-refractivity contribution is 0.0701. The molecule has 0 aliphatic carbocycles. The van der Waals surface area contributed by atoms with Crippen LogP contribution in [-0.2, 0) is 6.54 Å². The van der Waals surface area contributed by atoms with Gasteiger partial charge in [0.25, 0.3) is 5.91 Å². The number of aromatic nitrogens is 2. The number of aryl methyl sites for hydroxylation is 2. The maximum Gasteiger partial charge on any atom is 0.347 e. The monoisotopic (exact) mass is 281 g/mol. The van der Waals surface area contributed by atoms with E-state index >= 15 is 0 Å². The van der Waals surface area contributed by atoms with Crippen molar-refractivity contribution >= 4 is 23.2 Å². The Kier molecular flexibility index (Phi) is 3.61. The number of nitrogens with one attached hydrogen (secondary N) is 1. The number of carbonyl (C=O) groups is 2. The Bertz CT molecular complexity index is 632. The van der Waals surface area contributed by atoms with Gasteiger partial charge in [0.2, 0.25) is 5.76 Å². The van der Waals surface area contributed by atoms with E-state index in [1.165, 1.54) is 6.39 Å². The topological polar surface area (TPSA) is 105 Å². The molecule has 2 N–H and O–H groups in total. The summed E-state index contributed by atoms with van der Waals surface area (Å²) in [6, 6.07) is 0. The maximum atomic E-state index is 11.7. The summed E-state index contributed by atoms with van der Waals surface area (Å²) in [5, 5.41) is 12.0. The fourth-order valence-corrected chi connectivity index (χ4v) is 2.33. The highest BCUT2D eigenvalue weighted by molar-refractivity contribution is 7.13. The van der Waals surface area contributed by atoms with Crippen molar-refractivity contribution in [3.8, 4) is 0 Å². The van der Waals surface area contributed by atoms with E-state index in [9.17, 15) is 9.59 Å². The first-order chi connectivity index (χ1) is 8.99. The molecule has 19 heavy (non-hydrogen) atoms. The van der Waals surface area contributed by atoms with Gasteiger partial charge in [-0.2, -0.15) is 0 Å². The second-order valence-corrected chi connectivity index (χ2v) is 4.86. The molecule has 2 rings (SSSR count). The first-order valence-electron chi connectivity index (χ1n) is 5.37. The van der Waals surface area contributed by atoms with Gasteiger partial charge in [0.1, 0.15) is 9.88 Å². The van der Waals surface area contributed by atoms with Crippen LogP contribution in [-0.4, -0.2) is 27.0 Å². The molecule has 0 aromatic carbocycles. The van der Waals surface area contributed by atoms with E-state index in [4.69, 9.17) is 9.52 Å². The number of amides is 1. The van der Waals surface area contributed by atoms with Crippen molar-refractivity contribution in [2.75, 3.05) is 0 Å². The lowest BCUT2D eigenvalue weighted by Crippen LogP contribution is -2.22. The molecule has 0 saturated carbocycles. The quantitative estimate of drug-likeness (QED) is 0.877. The van der Waals surface area contributed by atoms with E-state index in [0.29, 0.717) is 16.4 Å². The van der Waals surface area contributed by atoms with Gasteiger partial charge in [-0.15, -0.1) is 11.3 Å². The zero-order valence-corrected chi connectivity index (χ0v) is 11.1. The molecule has 0 radical (unpaired) electrons. The van der Waals surface area contributed by atoms with Gasteiger partial charge in [-0.1, -0.05) is 0 Å². The fraction of sp³-hybridized carbons (Fsp3) is 0.273. The van der Waals surface area contributed by atoms with Gasteiger partial charge in [0.05, 0.1) is 17.9 Å². The number of carboxylic acid groups (broad SMARTS) is 1. The number of carboxylic acids is 1. The zero-order chi connectivity index (χ0) is 14.0. The molecule has 0 aliphatic heterocycles. The second-order valence-electron chi connectivity index (χ2n) is 3.78. The third-order valence-electron chi connectivity index (χ3n) is 2.39. The van der Waals surface area contributed by atoms with Gasteiger partial charge in [-0.3, -0.25) is 4.79 Å². The summed E-state index contributed by atoms with van der Waals surface area (Å²) in [4.78, 5) is 30.7. The number of oxazole rings is 1. The van der Waals surface area contributed by atoms with Crippen molar-refractivity contribution in [1.82, 2.24) is 15.3 Å². The summed E-state index contributed by atoms with van der Waals surface area (Å²) in [6.07, 6.45) is 1.19. The molecule has 2 aromatic heterocycles. The number of nitrogens with zero attached hydrogens (tertiary/aromatic N) is 2. The highest BCUT2D eigenvalue weighted by atomic mass is 32.1. The number of carbonyl (C=O) groups excluding carboxylic acids is 1. The number of rotatable bonds is 4. The van der Waals surface area contributed by atoms with Crippen LogP contribution in [0.15, 0.2) is 10.8 Å². The number of hydrogen-bond acceptors (Lipinski definition) is 6. The van der Waals surface area contributed by atoms with Crippen LogP contribution in [0.25, 0.3) is 0 Å². The van der Waals surface area contributed by atoms with Gasteiger partial charge in [0, 0.05) is 0 Å². The van der Waals surface area contributed by atoms with Crippen LogP contribution in [0.4, 0.5) is 0 Å². The normalized spacial score (nSPS) is 10.4. The van der Waals surface area contributed by atoms with Gasteiger partial charge in [-0.05, 0) is 13.8 Å². The molecule has 2 heterocycles. The Labute approximate surface area is 112 Å². The molecule has 0 spiro atoms. The maximum absolute atomic E-state index is 11.7. The van der Waals surface area contributed by atoms with Crippen LogP contribution in [0.5, 0.6) is 0 Å². The summed E-state index contributed by atoms with van der Waals surface area (Å²) in [5.41, 5.74) is 0.941. The minimum absolute atomic E-state index is 0.145. The predicted octanol–water partition coefficient (Wildman–Crippen LogP) is 1.38. The highest BCUT2D eigenvalue weighted by Crippen LogP contribution is 2.17. The Balaban J connectivity index is 2.03. The van der Waals surface area contributed by atoms with Crippen molar-refractivity contribution in [2.45, 2.75) is 20.4 Å². The Morgan fingerprint density at radius 3 is 2.68 bits per heavy atom. The van der Waals surface area contributed by atoms with E-state index in [1.807, 2.05) is 0 Å². The molecule has 0 saturated heterocycles. The third kappa shape index (κ3) is 2.79. The summed E-state index contributed by atoms with van der Waals surface area (Å²) in [6.45, 7) is 3.43. The number of thiazole rings is 1. The van der Waals surface area contributed by atoms with Gasteiger partial charge in [0.15, 0.2) is 6.39 Å². The van der Waals surface area contributed by atoms with Crippen LogP contribution in [0.2, 0.25) is 0 Å². The van der Waals surface area contributed by atoms with Crippen LogP contribution in [0, 0.1) is 13.8 Å². The molecule has 100 valence electrons. The average Bonchev–Trinajstić information content (AvgIpc) is 2.92. The molecule has 1 amide bonds. The molecular formula is C11H11N3O4S. The van der Waals surface area contributed by atoms with Crippen molar-refractivity contribution < 1.29 is 19.1 Å². The minimum atomic E-state index is -1.02. The van der Waals surface area contributed by atoms with E-state index in [-0.39, 0.29) is 17.2 Å². The predicted molar refractivity (Wildman–Crippen MR) is 66.2 cm³/mol. The van der Waals surface area contributed by atoms with Crippen molar-refractivity contribution in [3.63, 3.8) is 0 Å². The average molecular weight is 281 g/mol. The van der Waals surface area contributed by atoms with Gasteiger partial charge >= 0.3 is 5.97 Å². The number of aromatic carboxylic acids is 1. The van der Waals surface area contributed by atoms with E-state index in [0.717, 1.165) is 11.3 Å². The van der Waals surface area contributed by atoms with Gasteiger partial charge < -0.3 is 14.8 Å². The van der Waals surface area contributed by atoms with Crippen LogP contribution < -0.4 is 5.32 Å². The Morgan fingerprint density at radius 1 is 1.42 bits per heavy atom. The summed E-state index contributed by atoms with van der Waals surface area (Å²) >= 11 is 1.04. The molecule has 2 aromatic rings. The third-order valence-corrected chi connectivity index (χ3v) is 3.53. The molecule has 7 nitrogen and oxygen atoms in total. The van der Waals surface area contributed by atoms with E-state index in [1.54, 1.807) is 13.8 Å². The fourth-order valence-electron chi connectivity index (χ4n) is 1.48. The molecule has 0 atom stereocenters. The number of hydrogen-bond donors (Lipinski definition) is 2. The Hall–Kier alpha value is -2.22. The standard InChI is InChI=1S/C11H11N3O4S/c1-5-8(18-4-13-5)10(15)12-3-7-14-6(2)9(19-7)11(16)17/h4H,3H2,1-2H3,(H,12,15)(H,16,17). The zero-order valence-electron chi connectivity index (χ0n) is 10.3. The Morgan fingerprint density at radius 2 is 2.16 bits per heavy atom. The van der Waals surface area contributed by atoms with Crippen LogP contribution >= 0.6 is 11.3 Å². The first-order valence-corrected chi connectivity index (χ1v) is 6.18. The molecular weight excluding hydrogens is 270 g/mol. The van der Waals surface area contributed by atoms with Crippen LogP contribution in [0.3, 0.4) is 0 Å². The molecule has 0 aliphatic rings. The molecule has 0 unspecified atom stereocenters. The minimum Gasteiger partial charge on any atom is -0.477 e. The van der Waals surface area contributed by atoms with Crippen molar-refractivity contribution in [3.05, 3.63) is 33.4 Å². The summed E-state index contributed by atoms with van der Waals surface area (Å²) in [5.74, 6) is -1.27. The molecule has 8 heteroatoms. The second kappa shape index (κ2) is 5.19. The smallest absolute Gasteiger partial charge is 0.347 e. The summed E-state index contributed by atoms with van der Waals surface area (Å²) < 4.78 is 4.95. The van der Waals surface area contributed by atoms with E-state index < -0.39 is 11.9 Å². The van der Waals surface area contributed by atoms with Crippen LogP contribution in [0.1, 0.15) is 36.6 Å². The lowest BCUT2D eigenvalue weighted by Gasteiger charge is -1.99. The lowest BCUT2D eigenvalue weighted by atomic mass is 10.3. The largest absolute Gasteiger partial charge is 0.477 e. The van der Waals surface area contributed by atoms with Gasteiger partial charge in [-0.25, -0.2) is 14.8 Å². The first kappa shape index (κ1) is 13.2. The SMILES string of the molecule is Cc1ncoc1C(=O)NCc1nc(C)c(C(=O)O)s1. The molecule has 0 fully saturated rings. The molecule has 0 bridgehead atoms. The van der Waals surface area contributed by atoms with Crippen molar-refractivity contribution in [1.29, 1.82) is 0 Å². The van der Waals surface area contributed by atoms with E-state index in [2.05, 4.69) is 15.3 Å².